The first-order chi connectivity index (χ1) is 12.7. The van der Waals surface area contributed by atoms with Crippen molar-refractivity contribution in [2.45, 2.75) is 12.7 Å². The first kappa shape index (κ1) is 18.4. The summed E-state index contributed by atoms with van der Waals surface area (Å²) >= 11 is 0. The van der Waals surface area contributed by atoms with E-state index in [1.54, 1.807) is 12.1 Å². The van der Waals surface area contributed by atoms with Crippen LogP contribution in [-0.2, 0) is 12.7 Å². The minimum atomic E-state index is -4.79. The smallest absolute Gasteiger partial charge is 0.363 e. The van der Waals surface area contributed by atoms with Crippen molar-refractivity contribution < 1.29 is 27.2 Å². The van der Waals surface area contributed by atoms with Crippen LogP contribution in [0.3, 0.4) is 0 Å². The number of halogens is 4. The molecular weight excluding hydrogens is 368 g/mol. The average molecular weight is 380 g/mol. The maximum Gasteiger partial charge on any atom is 0.419 e. The van der Waals surface area contributed by atoms with Gasteiger partial charge in [-0.05, 0) is 29.8 Å². The second-order valence-corrected chi connectivity index (χ2v) is 5.64. The Morgan fingerprint density at radius 1 is 1.19 bits per heavy atom. The molecule has 0 aliphatic carbocycles. The van der Waals surface area contributed by atoms with Crippen molar-refractivity contribution in [2.24, 2.45) is 5.73 Å². The van der Waals surface area contributed by atoms with E-state index in [-0.39, 0.29) is 29.0 Å². The SMILES string of the molecule is NC(=O)c1nc2cccc(C(=O)NCc3ccc(C(F)(F)F)c(F)c3)c2[nH]1. The predicted molar refractivity (Wildman–Crippen MR) is 87.2 cm³/mol. The summed E-state index contributed by atoms with van der Waals surface area (Å²) in [6, 6.07) is 6.99. The number of aromatic amines is 1. The monoisotopic (exact) mass is 380 g/mol. The number of amides is 2. The number of nitrogens with one attached hydrogen (secondary N) is 2. The van der Waals surface area contributed by atoms with Gasteiger partial charge in [0.2, 0.25) is 0 Å². The van der Waals surface area contributed by atoms with Crippen molar-refractivity contribution >= 4 is 22.8 Å². The van der Waals surface area contributed by atoms with E-state index in [2.05, 4.69) is 15.3 Å². The Morgan fingerprint density at radius 2 is 1.93 bits per heavy atom. The number of nitrogens with zero attached hydrogens (tertiary/aromatic N) is 1. The number of benzene rings is 2. The van der Waals surface area contributed by atoms with Crippen molar-refractivity contribution in [1.29, 1.82) is 0 Å². The molecule has 0 bridgehead atoms. The molecule has 0 saturated heterocycles. The van der Waals surface area contributed by atoms with Gasteiger partial charge >= 0.3 is 6.18 Å². The summed E-state index contributed by atoms with van der Waals surface area (Å²) in [7, 11) is 0. The largest absolute Gasteiger partial charge is 0.419 e. The lowest BCUT2D eigenvalue weighted by Crippen LogP contribution is -2.23. The van der Waals surface area contributed by atoms with Crippen LogP contribution < -0.4 is 11.1 Å². The number of nitrogens with two attached hydrogens (primary N) is 1. The molecule has 0 fully saturated rings. The molecule has 2 aromatic carbocycles. The zero-order valence-electron chi connectivity index (χ0n) is 13.5. The van der Waals surface area contributed by atoms with Gasteiger partial charge in [0.1, 0.15) is 5.82 Å². The average Bonchev–Trinajstić information content (AvgIpc) is 3.03. The van der Waals surface area contributed by atoms with Gasteiger partial charge in [-0.1, -0.05) is 12.1 Å². The van der Waals surface area contributed by atoms with Gasteiger partial charge in [0.05, 0.1) is 22.2 Å². The summed E-state index contributed by atoms with van der Waals surface area (Å²) in [6.07, 6.45) is -4.79. The highest BCUT2D eigenvalue weighted by molar-refractivity contribution is 6.06. The number of fused-ring (bicyclic) bond motifs is 1. The fraction of sp³-hybridized carbons (Fsp3) is 0.118. The summed E-state index contributed by atoms with van der Waals surface area (Å²) in [4.78, 5) is 30.2. The lowest BCUT2D eigenvalue weighted by molar-refractivity contribution is -0.140. The van der Waals surface area contributed by atoms with Crippen molar-refractivity contribution in [2.75, 3.05) is 0 Å². The number of imidazole rings is 1. The molecule has 6 nitrogen and oxygen atoms in total. The molecule has 1 heterocycles. The van der Waals surface area contributed by atoms with Crippen molar-refractivity contribution in [3.63, 3.8) is 0 Å². The van der Waals surface area contributed by atoms with Crippen LogP contribution in [0.5, 0.6) is 0 Å². The second kappa shape index (κ2) is 6.71. The van der Waals surface area contributed by atoms with Crippen LogP contribution in [0.4, 0.5) is 17.6 Å². The molecule has 0 saturated carbocycles. The van der Waals surface area contributed by atoms with Gasteiger partial charge in [0, 0.05) is 6.54 Å². The molecule has 0 aliphatic heterocycles. The van der Waals surface area contributed by atoms with Gasteiger partial charge < -0.3 is 16.0 Å². The molecule has 0 spiro atoms. The Balaban J connectivity index is 1.79. The van der Waals surface area contributed by atoms with Crippen molar-refractivity contribution in [3.05, 3.63) is 64.7 Å². The van der Waals surface area contributed by atoms with Gasteiger partial charge in [0.25, 0.3) is 11.8 Å². The van der Waals surface area contributed by atoms with Crippen LogP contribution >= 0.6 is 0 Å². The molecule has 140 valence electrons. The third-order valence-electron chi connectivity index (χ3n) is 3.79. The molecule has 3 aromatic rings. The molecule has 4 N–H and O–H groups in total. The molecular formula is C17H12F4N4O2. The number of carbonyl (C=O) groups excluding carboxylic acids is 2. The van der Waals surface area contributed by atoms with E-state index in [0.717, 1.165) is 6.07 Å². The lowest BCUT2D eigenvalue weighted by Gasteiger charge is -2.10. The highest BCUT2D eigenvalue weighted by atomic mass is 19.4. The summed E-state index contributed by atoms with van der Waals surface area (Å²) in [5.41, 5.74) is 4.70. The quantitative estimate of drug-likeness (QED) is 0.607. The van der Waals surface area contributed by atoms with E-state index in [9.17, 15) is 27.2 Å². The number of hydrogen-bond donors (Lipinski definition) is 3. The molecule has 0 unspecified atom stereocenters. The van der Waals surface area contributed by atoms with Gasteiger partial charge in [0.15, 0.2) is 5.82 Å². The third-order valence-corrected chi connectivity index (χ3v) is 3.79. The fourth-order valence-electron chi connectivity index (χ4n) is 2.51. The molecule has 10 heteroatoms. The first-order valence-corrected chi connectivity index (χ1v) is 7.59. The number of aromatic nitrogens is 2. The Bertz CT molecular complexity index is 1040. The minimum Gasteiger partial charge on any atom is -0.363 e. The maximum atomic E-state index is 13.6. The molecule has 3 rings (SSSR count). The van der Waals surface area contributed by atoms with E-state index in [4.69, 9.17) is 5.73 Å². The Morgan fingerprint density at radius 3 is 2.56 bits per heavy atom. The van der Waals surface area contributed by atoms with Crippen LogP contribution in [-0.4, -0.2) is 21.8 Å². The topological polar surface area (TPSA) is 101 Å². The number of H-pyrrole nitrogens is 1. The molecule has 0 aliphatic rings. The Labute approximate surface area is 149 Å². The van der Waals surface area contributed by atoms with Crippen LogP contribution in [0.25, 0.3) is 11.0 Å². The predicted octanol–water partition coefficient (Wildman–Crippen LogP) is 2.75. The van der Waals surface area contributed by atoms with Crippen LogP contribution in [0, 0.1) is 5.82 Å². The minimum absolute atomic E-state index is 0.116. The highest BCUT2D eigenvalue weighted by Crippen LogP contribution is 2.31. The highest BCUT2D eigenvalue weighted by Gasteiger charge is 2.33. The summed E-state index contributed by atoms with van der Waals surface area (Å²) in [6.45, 7) is -0.193. The van der Waals surface area contributed by atoms with Gasteiger partial charge in [-0.2, -0.15) is 13.2 Å². The van der Waals surface area contributed by atoms with E-state index in [0.29, 0.717) is 17.6 Å². The summed E-state index contributed by atoms with van der Waals surface area (Å²) < 4.78 is 51.3. The van der Waals surface area contributed by atoms with E-state index in [1.165, 1.54) is 6.07 Å². The van der Waals surface area contributed by atoms with Crippen molar-refractivity contribution in [3.8, 4) is 0 Å². The van der Waals surface area contributed by atoms with Gasteiger partial charge in [-0.15, -0.1) is 0 Å². The number of primary amides is 1. The zero-order valence-corrected chi connectivity index (χ0v) is 13.5. The van der Waals surface area contributed by atoms with E-state index in [1.807, 2.05) is 0 Å². The first-order valence-electron chi connectivity index (χ1n) is 7.59. The number of para-hydroxylation sites is 1. The normalized spacial score (nSPS) is 11.6. The standard InChI is InChI=1S/C17H12F4N4O2/c18-11-6-8(4-5-10(11)17(19,20)21)7-23-16(27)9-2-1-3-12-13(9)25-15(24-12)14(22)26/h1-6H,7H2,(H2,22,26)(H,23,27)(H,24,25). The van der Waals surface area contributed by atoms with Crippen LogP contribution in [0.15, 0.2) is 36.4 Å². The maximum absolute atomic E-state index is 13.6. The van der Waals surface area contributed by atoms with Crippen LogP contribution in [0.2, 0.25) is 0 Å². The molecule has 0 radical (unpaired) electrons. The Hall–Kier alpha value is -3.43. The Kier molecular flexibility index (Phi) is 4.56. The van der Waals surface area contributed by atoms with Gasteiger partial charge in [-0.3, -0.25) is 9.59 Å². The number of hydrogen-bond acceptors (Lipinski definition) is 3. The van der Waals surface area contributed by atoms with Gasteiger partial charge in [-0.25, -0.2) is 9.37 Å². The van der Waals surface area contributed by atoms with E-state index < -0.39 is 29.4 Å². The molecule has 1 aromatic heterocycles. The fourth-order valence-corrected chi connectivity index (χ4v) is 2.51. The third kappa shape index (κ3) is 3.73. The zero-order chi connectivity index (χ0) is 19.8. The number of alkyl halides is 3. The number of rotatable bonds is 4. The molecule has 2 amide bonds. The van der Waals surface area contributed by atoms with E-state index >= 15 is 0 Å². The second-order valence-electron chi connectivity index (χ2n) is 5.64. The summed E-state index contributed by atoms with van der Waals surface area (Å²) in [5.74, 6) is -2.91. The lowest BCUT2D eigenvalue weighted by atomic mass is 10.1. The summed E-state index contributed by atoms with van der Waals surface area (Å²) in [5, 5.41) is 2.48. The number of carbonyl (C=O) groups is 2. The van der Waals surface area contributed by atoms with Crippen LogP contribution in [0.1, 0.15) is 32.1 Å². The molecule has 0 atom stereocenters. The van der Waals surface area contributed by atoms with Crippen molar-refractivity contribution in [1.82, 2.24) is 15.3 Å². The molecule has 27 heavy (non-hydrogen) atoms.